The number of nitrogens with one attached hydrogen (secondary N) is 1. The number of rotatable bonds is 22. The van der Waals surface area contributed by atoms with Crippen LogP contribution in [0.25, 0.3) is 0 Å². The van der Waals surface area contributed by atoms with Gasteiger partial charge in [-0.3, -0.25) is 4.79 Å². The monoisotopic (exact) mass is 399 g/mol. The van der Waals surface area contributed by atoms with E-state index in [4.69, 9.17) is 9.47 Å². The number of ether oxygens (including phenoxy) is 2. The van der Waals surface area contributed by atoms with E-state index in [1.807, 2.05) is 7.05 Å². The van der Waals surface area contributed by atoms with E-state index < -0.39 is 0 Å². The predicted molar refractivity (Wildman–Crippen MR) is 120 cm³/mol. The predicted octanol–water partition coefficient (Wildman–Crippen LogP) is 6.42. The molecule has 28 heavy (non-hydrogen) atoms. The van der Waals surface area contributed by atoms with Gasteiger partial charge in [0.05, 0.1) is 6.61 Å². The van der Waals surface area contributed by atoms with Crippen LogP contribution in [-0.2, 0) is 14.3 Å². The standard InChI is InChI=1S/C24H49NO3/c1-4-5-6-7-8-9-10-11-12-13-14-15-16-17-18-19-20-27-22-24(21-25-3)28-23(2)26/h24-25H,4-22H2,1-3H3. The van der Waals surface area contributed by atoms with Gasteiger partial charge in [0.25, 0.3) is 0 Å². The first-order valence-corrected chi connectivity index (χ1v) is 12.1. The molecule has 0 spiro atoms. The summed E-state index contributed by atoms with van der Waals surface area (Å²) in [6.07, 6.45) is 21.9. The van der Waals surface area contributed by atoms with Crippen LogP contribution in [-0.4, -0.2) is 38.9 Å². The number of hydrogen-bond donors (Lipinski definition) is 1. The zero-order chi connectivity index (χ0) is 20.7. The molecule has 0 aromatic carbocycles. The summed E-state index contributed by atoms with van der Waals surface area (Å²) in [5.41, 5.74) is 0. The normalized spacial score (nSPS) is 12.2. The van der Waals surface area contributed by atoms with E-state index in [0.717, 1.165) is 13.0 Å². The van der Waals surface area contributed by atoms with Crippen molar-refractivity contribution in [2.24, 2.45) is 0 Å². The van der Waals surface area contributed by atoms with Gasteiger partial charge in [-0.1, -0.05) is 103 Å². The molecule has 0 aromatic rings. The zero-order valence-corrected chi connectivity index (χ0v) is 19.2. The smallest absolute Gasteiger partial charge is 0.303 e. The van der Waals surface area contributed by atoms with Crippen molar-refractivity contribution in [1.82, 2.24) is 5.32 Å². The van der Waals surface area contributed by atoms with E-state index in [0.29, 0.717) is 13.2 Å². The first-order valence-electron chi connectivity index (χ1n) is 12.1. The fraction of sp³-hybridized carbons (Fsp3) is 0.958. The van der Waals surface area contributed by atoms with Gasteiger partial charge in [-0.05, 0) is 13.5 Å². The molecule has 0 aliphatic rings. The zero-order valence-electron chi connectivity index (χ0n) is 19.2. The maximum Gasteiger partial charge on any atom is 0.303 e. The molecule has 0 bridgehead atoms. The third-order valence-corrected chi connectivity index (χ3v) is 5.21. The van der Waals surface area contributed by atoms with Crippen LogP contribution in [0.4, 0.5) is 0 Å². The van der Waals surface area contributed by atoms with Crippen molar-refractivity contribution in [3.8, 4) is 0 Å². The molecular weight excluding hydrogens is 350 g/mol. The summed E-state index contributed by atoms with van der Waals surface area (Å²) in [5.74, 6) is -0.244. The van der Waals surface area contributed by atoms with E-state index in [2.05, 4.69) is 12.2 Å². The quantitative estimate of drug-likeness (QED) is 0.169. The van der Waals surface area contributed by atoms with Gasteiger partial charge in [0.15, 0.2) is 0 Å². The second-order valence-corrected chi connectivity index (χ2v) is 8.17. The Morgan fingerprint density at radius 2 is 1.18 bits per heavy atom. The number of esters is 1. The number of likely N-dealkylation sites (N-methyl/N-ethyl adjacent to an activating group) is 1. The number of carbonyl (C=O) groups excluding carboxylic acids is 1. The lowest BCUT2D eigenvalue weighted by Gasteiger charge is -2.16. The molecule has 0 fully saturated rings. The van der Waals surface area contributed by atoms with Crippen LogP contribution >= 0.6 is 0 Å². The lowest BCUT2D eigenvalue weighted by molar-refractivity contribution is -0.149. The lowest BCUT2D eigenvalue weighted by Crippen LogP contribution is -2.32. The van der Waals surface area contributed by atoms with Crippen molar-refractivity contribution < 1.29 is 14.3 Å². The van der Waals surface area contributed by atoms with Crippen LogP contribution in [0.5, 0.6) is 0 Å². The van der Waals surface area contributed by atoms with Crippen LogP contribution in [0.1, 0.15) is 117 Å². The molecule has 0 saturated heterocycles. The van der Waals surface area contributed by atoms with Gasteiger partial charge in [-0.25, -0.2) is 0 Å². The summed E-state index contributed by atoms with van der Waals surface area (Å²) in [6, 6.07) is 0. The van der Waals surface area contributed by atoms with Crippen LogP contribution < -0.4 is 5.32 Å². The molecule has 0 rings (SSSR count). The van der Waals surface area contributed by atoms with Gasteiger partial charge >= 0.3 is 5.97 Å². The van der Waals surface area contributed by atoms with E-state index >= 15 is 0 Å². The van der Waals surface area contributed by atoms with E-state index in [9.17, 15) is 4.79 Å². The minimum atomic E-state index is -0.244. The lowest BCUT2D eigenvalue weighted by atomic mass is 10.0. The van der Waals surface area contributed by atoms with Crippen molar-refractivity contribution in [3.63, 3.8) is 0 Å². The highest BCUT2D eigenvalue weighted by Gasteiger charge is 2.10. The highest BCUT2D eigenvalue weighted by atomic mass is 16.6. The Morgan fingerprint density at radius 1 is 0.750 bits per heavy atom. The minimum absolute atomic E-state index is 0.177. The van der Waals surface area contributed by atoms with Gasteiger partial charge in [-0.15, -0.1) is 0 Å². The molecule has 0 aliphatic heterocycles. The van der Waals surface area contributed by atoms with Crippen molar-refractivity contribution in [2.75, 3.05) is 26.8 Å². The summed E-state index contributed by atoms with van der Waals surface area (Å²) in [7, 11) is 1.85. The number of carbonyl (C=O) groups is 1. The maximum atomic E-state index is 11.0. The van der Waals surface area contributed by atoms with Crippen molar-refractivity contribution in [1.29, 1.82) is 0 Å². The summed E-state index contributed by atoms with van der Waals surface area (Å²) < 4.78 is 10.8. The van der Waals surface area contributed by atoms with Gasteiger partial charge in [0, 0.05) is 20.1 Å². The molecule has 168 valence electrons. The average Bonchev–Trinajstić information content (AvgIpc) is 2.66. The molecule has 0 radical (unpaired) electrons. The first kappa shape index (κ1) is 27.4. The van der Waals surface area contributed by atoms with Crippen LogP contribution in [0.2, 0.25) is 0 Å². The number of unbranched alkanes of at least 4 members (excludes halogenated alkanes) is 15. The second kappa shape index (κ2) is 22.7. The van der Waals surface area contributed by atoms with Gasteiger partial charge in [0.2, 0.25) is 0 Å². The van der Waals surface area contributed by atoms with Crippen molar-refractivity contribution in [3.05, 3.63) is 0 Å². The van der Waals surface area contributed by atoms with Crippen LogP contribution in [0.15, 0.2) is 0 Å². The summed E-state index contributed by atoms with van der Waals surface area (Å²) in [5, 5.41) is 3.02. The SMILES string of the molecule is CCCCCCCCCCCCCCCCCCOCC(CNC)OC(C)=O. The summed E-state index contributed by atoms with van der Waals surface area (Å²) in [4.78, 5) is 11.0. The third kappa shape index (κ3) is 21.7. The Morgan fingerprint density at radius 3 is 1.57 bits per heavy atom. The molecule has 1 unspecified atom stereocenters. The molecule has 1 N–H and O–H groups in total. The molecule has 0 heterocycles. The Kier molecular flexibility index (Phi) is 22.2. The molecule has 4 heteroatoms. The third-order valence-electron chi connectivity index (χ3n) is 5.21. The largest absolute Gasteiger partial charge is 0.459 e. The number of hydrogen-bond acceptors (Lipinski definition) is 4. The molecule has 0 aromatic heterocycles. The Bertz CT molecular complexity index is 323. The average molecular weight is 400 g/mol. The summed E-state index contributed by atoms with van der Waals surface area (Å²) >= 11 is 0. The Balaban J connectivity index is 3.20. The Hall–Kier alpha value is -0.610. The van der Waals surface area contributed by atoms with Gasteiger partial charge < -0.3 is 14.8 Å². The van der Waals surface area contributed by atoms with E-state index in [1.165, 1.54) is 103 Å². The van der Waals surface area contributed by atoms with Crippen molar-refractivity contribution in [2.45, 2.75) is 123 Å². The molecule has 0 aliphatic carbocycles. The van der Waals surface area contributed by atoms with Gasteiger partial charge in [0.1, 0.15) is 6.10 Å². The maximum absolute atomic E-state index is 11.0. The highest BCUT2D eigenvalue weighted by molar-refractivity contribution is 5.66. The molecule has 4 nitrogen and oxygen atoms in total. The van der Waals surface area contributed by atoms with E-state index in [-0.39, 0.29) is 12.1 Å². The summed E-state index contributed by atoms with van der Waals surface area (Å²) in [6.45, 7) is 5.61. The molecule has 0 saturated carbocycles. The fourth-order valence-corrected chi connectivity index (χ4v) is 3.56. The first-order chi connectivity index (χ1) is 13.7. The minimum Gasteiger partial charge on any atom is -0.459 e. The Labute approximate surface area is 175 Å². The fourth-order valence-electron chi connectivity index (χ4n) is 3.56. The topological polar surface area (TPSA) is 47.6 Å². The van der Waals surface area contributed by atoms with Gasteiger partial charge in [-0.2, -0.15) is 0 Å². The van der Waals surface area contributed by atoms with Crippen LogP contribution in [0, 0.1) is 0 Å². The van der Waals surface area contributed by atoms with E-state index in [1.54, 1.807) is 0 Å². The second-order valence-electron chi connectivity index (χ2n) is 8.17. The van der Waals surface area contributed by atoms with Crippen LogP contribution in [0.3, 0.4) is 0 Å². The van der Waals surface area contributed by atoms with Crippen molar-refractivity contribution >= 4 is 5.97 Å². The molecule has 0 amide bonds. The highest BCUT2D eigenvalue weighted by Crippen LogP contribution is 2.13. The molecule has 1 atom stereocenters. The molecular formula is C24H49NO3.